The van der Waals surface area contributed by atoms with Crippen LogP contribution in [0.15, 0.2) is 30.3 Å². The summed E-state index contributed by atoms with van der Waals surface area (Å²) in [5.74, 6) is -0.617. The summed E-state index contributed by atoms with van der Waals surface area (Å²) in [7, 11) is 0. The topological polar surface area (TPSA) is 38.7 Å². The molecule has 0 amide bonds. The van der Waals surface area contributed by atoms with E-state index in [1.54, 1.807) is 0 Å². The summed E-state index contributed by atoms with van der Waals surface area (Å²) in [5.41, 5.74) is 1.04. The molecule has 82 valence electrons. The summed E-state index contributed by atoms with van der Waals surface area (Å²) < 4.78 is 11.3. The van der Waals surface area contributed by atoms with E-state index in [0.717, 1.165) is 5.56 Å². The lowest BCUT2D eigenvalue weighted by molar-refractivity contribution is -0.149. The second-order valence-corrected chi connectivity index (χ2v) is 4.19. The van der Waals surface area contributed by atoms with Gasteiger partial charge in [-0.15, -0.1) is 0 Å². The zero-order chi connectivity index (χ0) is 10.9. The van der Waals surface area contributed by atoms with Gasteiger partial charge in [-0.3, -0.25) is 0 Å². The maximum absolute atomic E-state index is 9.22. The van der Waals surface area contributed by atoms with E-state index in [1.165, 1.54) is 0 Å². The van der Waals surface area contributed by atoms with Crippen LogP contribution in [-0.2, 0) is 9.47 Å². The molecule has 1 aromatic carbocycles. The van der Waals surface area contributed by atoms with Crippen LogP contribution < -0.4 is 0 Å². The molecule has 2 atom stereocenters. The molecule has 3 nitrogen and oxygen atoms in total. The zero-order valence-electron chi connectivity index (χ0n) is 9.01. The summed E-state index contributed by atoms with van der Waals surface area (Å²) in [5, 5.41) is 9.22. The van der Waals surface area contributed by atoms with Crippen LogP contribution in [0.1, 0.15) is 25.5 Å². The van der Waals surface area contributed by atoms with Crippen LogP contribution in [0.5, 0.6) is 0 Å². The van der Waals surface area contributed by atoms with Gasteiger partial charge in [-0.1, -0.05) is 30.3 Å². The second kappa shape index (κ2) is 3.93. The van der Waals surface area contributed by atoms with Gasteiger partial charge in [0.2, 0.25) is 0 Å². The molecule has 1 heterocycles. The van der Waals surface area contributed by atoms with Gasteiger partial charge in [0.05, 0.1) is 6.61 Å². The lowest BCUT2D eigenvalue weighted by atomic mass is 10.1. The third-order valence-corrected chi connectivity index (χ3v) is 2.49. The maximum atomic E-state index is 9.22. The molecule has 2 rings (SSSR count). The number of aliphatic hydroxyl groups is 1. The first-order chi connectivity index (χ1) is 7.12. The van der Waals surface area contributed by atoms with Crippen LogP contribution in [0, 0.1) is 0 Å². The van der Waals surface area contributed by atoms with Crippen LogP contribution in [0.25, 0.3) is 0 Å². The largest absolute Gasteiger partial charge is 0.394 e. The van der Waals surface area contributed by atoms with E-state index in [2.05, 4.69) is 0 Å². The number of hydrogen-bond acceptors (Lipinski definition) is 3. The van der Waals surface area contributed by atoms with Crippen molar-refractivity contribution in [2.75, 3.05) is 6.61 Å². The van der Waals surface area contributed by atoms with Crippen LogP contribution in [0.4, 0.5) is 0 Å². The van der Waals surface area contributed by atoms with Crippen LogP contribution >= 0.6 is 0 Å². The molecule has 3 heteroatoms. The maximum Gasteiger partial charge on any atom is 0.164 e. The second-order valence-electron chi connectivity index (χ2n) is 4.19. The van der Waals surface area contributed by atoms with Gasteiger partial charge in [-0.2, -0.15) is 0 Å². The van der Waals surface area contributed by atoms with Crippen molar-refractivity contribution < 1.29 is 14.6 Å². The van der Waals surface area contributed by atoms with Gasteiger partial charge in [0, 0.05) is 0 Å². The van der Waals surface area contributed by atoms with Crippen molar-refractivity contribution in [1.29, 1.82) is 0 Å². The molecule has 15 heavy (non-hydrogen) atoms. The molecule has 1 saturated heterocycles. The van der Waals surface area contributed by atoms with Gasteiger partial charge in [0.1, 0.15) is 12.2 Å². The molecule has 1 fully saturated rings. The minimum atomic E-state index is -0.617. The number of benzene rings is 1. The lowest BCUT2D eigenvalue weighted by Crippen LogP contribution is -2.23. The molecule has 1 aliphatic rings. The van der Waals surface area contributed by atoms with Gasteiger partial charge in [0.15, 0.2) is 5.79 Å². The molecule has 1 aliphatic heterocycles. The number of aliphatic hydroxyl groups excluding tert-OH is 1. The van der Waals surface area contributed by atoms with Crippen molar-refractivity contribution >= 4 is 0 Å². The van der Waals surface area contributed by atoms with Crippen molar-refractivity contribution in [3.63, 3.8) is 0 Å². The van der Waals surface area contributed by atoms with E-state index in [1.807, 2.05) is 44.2 Å². The Hall–Kier alpha value is -0.900. The normalized spacial score (nSPS) is 29.3. The Balaban J connectivity index is 2.22. The van der Waals surface area contributed by atoms with E-state index < -0.39 is 5.79 Å². The SMILES string of the molecule is CC1(C)O[C@@H](CO)[C@H](c2ccccc2)O1. The summed E-state index contributed by atoms with van der Waals surface area (Å²) in [6, 6.07) is 9.84. The summed E-state index contributed by atoms with van der Waals surface area (Å²) in [4.78, 5) is 0. The molecule has 0 aromatic heterocycles. The minimum Gasteiger partial charge on any atom is -0.394 e. The van der Waals surface area contributed by atoms with Crippen LogP contribution in [0.3, 0.4) is 0 Å². The minimum absolute atomic E-state index is 0.0248. The molecule has 1 N–H and O–H groups in total. The number of rotatable bonds is 2. The Morgan fingerprint density at radius 3 is 2.47 bits per heavy atom. The predicted octanol–water partition coefficient (Wildman–Crippen LogP) is 1.87. The quantitative estimate of drug-likeness (QED) is 0.806. The third-order valence-electron chi connectivity index (χ3n) is 2.49. The van der Waals surface area contributed by atoms with Crippen molar-refractivity contribution in [2.45, 2.75) is 31.8 Å². The van der Waals surface area contributed by atoms with E-state index in [-0.39, 0.29) is 18.8 Å². The summed E-state index contributed by atoms with van der Waals surface area (Å²) >= 11 is 0. The number of hydrogen-bond donors (Lipinski definition) is 1. The highest BCUT2D eigenvalue weighted by Gasteiger charge is 2.41. The van der Waals surface area contributed by atoms with Crippen LogP contribution in [0.2, 0.25) is 0 Å². The lowest BCUT2D eigenvalue weighted by Gasteiger charge is -2.16. The Morgan fingerprint density at radius 1 is 1.20 bits per heavy atom. The molecule has 0 spiro atoms. The average molecular weight is 208 g/mol. The fraction of sp³-hybridized carbons (Fsp3) is 0.500. The predicted molar refractivity (Wildman–Crippen MR) is 56.3 cm³/mol. The average Bonchev–Trinajstić information content (AvgIpc) is 2.55. The van der Waals surface area contributed by atoms with Crippen molar-refractivity contribution in [3.8, 4) is 0 Å². The van der Waals surface area contributed by atoms with Crippen molar-refractivity contribution in [2.24, 2.45) is 0 Å². The van der Waals surface area contributed by atoms with E-state index in [4.69, 9.17) is 9.47 Å². The highest BCUT2D eigenvalue weighted by Crippen LogP contribution is 2.37. The first-order valence-electron chi connectivity index (χ1n) is 5.14. The fourth-order valence-electron chi connectivity index (χ4n) is 1.89. The summed E-state index contributed by atoms with van der Waals surface area (Å²) in [6.45, 7) is 3.69. The highest BCUT2D eigenvalue weighted by atomic mass is 16.8. The Kier molecular flexibility index (Phi) is 2.78. The van der Waals surface area contributed by atoms with Crippen molar-refractivity contribution in [3.05, 3.63) is 35.9 Å². The summed E-state index contributed by atoms with van der Waals surface area (Å²) in [6.07, 6.45) is -0.450. The van der Waals surface area contributed by atoms with E-state index in [9.17, 15) is 5.11 Å². The Bertz CT molecular complexity index is 321. The molecule has 0 bridgehead atoms. The first-order valence-corrected chi connectivity index (χ1v) is 5.14. The standard InChI is InChI=1S/C12H16O3/c1-12(2)14-10(8-13)11(15-12)9-6-4-3-5-7-9/h3-7,10-11,13H,8H2,1-2H3/t10-,11-/m0/s1. The Morgan fingerprint density at radius 2 is 1.87 bits per heavy atom. The molecule has 0 radical (unpaired) electrons. The number of ether oxygens (including phenoxy) is 2. The van der Waals surface area contributed by atoms with Crippen LogP contribution in [-0.4, -0.2) is 23.6 Å². The highest BCUT2D eigenvalue weighted by molar-refractivity contribution is 5.19. The van der Waals surface area contributed by atoms with Gasteiger partial charge in [-0.25, -0.2) is 0 Å². The Labute approximate surface area is 89.6 Å². The molecular formula is C12H16O3. The molecule has 0 saturated carbocycles. The molecule has 1 aromatic rings. The molecule has 0 unspecified atom stereocenters. The van der Waals surface area contributed by atoms with Gasteiger partial charge < -0.3 is 14.6 Å². The van der Waals surface area contributed by atoms with E-state index in [0.29, 0.717) is 0 Å². The molecule has 0 aliphatic carbocycles. The van der Waals surface area contributed by atoms with E-state index >= 15 is 0 Å². The van der Waals surface area contributed by atoms with Gasteiger partial charge in [-0.05, 0) is 19.4 Å². The fourth-order valence-corrected chi connectivity index (χ4v) is 1.89. The smallest absolute Gasteiger partial charge is 0.164 e. The third kappa shape index (κ3) is 2.20. The van der Waals surface area contributed by atoms with Crippen molar-refractivity contribution in [1.82, 2.24) is 0 Å². The monoisotopic (exact) mass is 208 g/mol. The zero-order valence-corrected chi connectivity index (χ0v) is 9.01. The molecular weight excluding hydrogens is 192 g/mol. The van der Waals surface area contributed by atoms with Gasteiger partial charge >= 0.3 is 0 Å². The first kappa shape index (κ1) is 10.6. The van der Waals surface area contributed by atoms with Gasteiger partial charge in [0.25, 0.3) is 0 Å².